The molecular formula is C34H44N2O6. The monoisotopic (exact) mass is 576 g/mol. The van der Waals surface area contributed by atoms with Gasteiger partial charge in [-0.05, 0) is 89.5 Å². The van der Waals surface area contributed by atoms with E-state index in [1.165, 1.54) is 0 Å². The molecule has 8 nitrogen and oxygen atoms in total. The lowest BCUT2D eigenvalue weighted by Gasteiger charge is -2.24. The first kappa shape index (κ1) is 34.2. The van der Waals surface area contributed by atoms with Crippen molar-refractivity contribution in [3.8, 4) is 23.7 Å². The van der Waals surface area contributed by atoms with Gasteiger partial charge in [0.15, 0.2) is 0 Å². The maximum atomic E-state index is 12.3. The molecule has 0 heterocycles. The normalized spacial score (nSPS) is 12.5. The minimum atomic E-state index is -0.577. The third-order valence-corrected chi connectivity index (χ3v) is 5.49. The van der Waals surface area contributed by atoms with E-state index in [1.54, 1.807) is 6.07 Å². The van der Waals surface area contributed by atoms with Crippen molar-refractivity contribution in [1.29, 1.82) is 0 Å². The van der Waals surface area contributed by atoms with Crippen LogP contribution in [-0.4, -0.2) is 43.2 Å². The predicted molar refractivity (Wildman–Crippen MR) is 165 cm³/mol. The average molecular weight is 577 g/mol. The maximum absolute atomic E-state index is 12.3. The molecular weight excluding hydrogens is 532 g/mol. The highest BCUT2D eigenvalue weighted by molar-refractivity contribution is 5.85. The zero-order valence-electron chi connectivity index (χ0n) is 25.8. The van der Waals surface area contributed by atoms with Crippen LogP contribution < -0.4 is 10.6 Å². The first-order valence-electron chi connectivity index (χ1n) is 14.2. The number of anilines is 1. The second-order valence-electron chi connectivity index (χ2n) is 11.5. The van der Waals surface area contributed by atoms with Crippen LogP contribution in [0.2, 0.25) is 0 Å². The van der Waals surface area contributed by atoms with Crippen LogP contribution in [0, 0.1) is 23.7 Å². The number of carbonyl (C=O) groups is 2. The quantitative estimate of drug-likeness (QED) is 0.217. The Bertz CT molecular complexity index is 1260. The second kappa shape index (κ2) is 17.1. The van der Waals surface area contributed by atoms with Crippen LogP contribution in [0.1, 0.15) is 84.6 Å². The molecule has 2 rings (SSSR count). The fraction of sp³-hybridized carbons (Fsp3) is 0.471. The molecule has 0 unspecified atom stereocenters. The van der Waals surface area contributed by atoms with Gasteiger partial charge < -0.3 is 24.3 Å². The first-order valence-corrected chi connectivity index (χ1v) is 14.2. The summed E-state index contributed by atoms with van der Waals surface area (Å²) in [5, 5.41) is 5.68. The summed E-state index contributed by atoms with van der Waals surface area (Å²) in [4.78, 5) is 24.4. The standard InChI is InChI=1S/C34H44N2O6/c1-8-30(27-19-16-20-28(25-27)35-31(37)41-33(2,3)4)40-23-15-10-9-14-22-39-24-21-29(26-17-12-11-13-18-26)36-32(38)42-34(5,6)7/h11-13,16-20,25,29-30H,8,21-24H2,1-7H3,(H,35,37)(H,36,38)/t29-,30-/m1/s1. The molecule has 226 valence electrons. The van der Waals surface area contributed by atoms with Crippen molar-refractivity contribution in [2.45, 2.75) is 84.7 Å². The second-order valence-corrected chi connectivity index (χ2v) is 11.5. The topological polar surface area (TPSA) is 95.1 Å². The summed E-state index contributed by atoms with van der Waals surface area (Å²) in [6.45, 7) is 13.8. The molecule has 0 saturated heterocycles. The molecule has 0 bridgehead atoms. The van der Waals surface area contributed by atoms with Gasteiger partial charge in [0.2, 0.25) is 0 Å². The highest BCUT2D eigenvalue weighted by Crippen LogP contribution is 2.24. The summed E-state index contributed by atoms with van der Waals surface area (Å²) in [5.41, 5.74) is 1.39. The van der Waals surface area contributed by atoms with Crippen LogP contribution in [0.5, 0.6) is 0 Å². The van der Waals surface area contributed by atoms with Crippen molar-refractivity contribution >= 4 is 17.9 Å². The lowest BCUT2D eigenvalue weighted by atomic mass is 10.0. The van der Waals surface area contributed by atoms with Crippen molar-refractivity contribution in [3.63, 3.8) is 0 Å². The summed E-state index contributed by atoms with van der Waals surface area (Å²) in [6, 6.07) is 16.9. The van der Waals surface area contributed by atoms with Gasteiger partial charge in [0.25, 0.3) is 0 Å². The van der Waals surface area contributed by atoms with E-state index < -0.39 is 23.4 Å². The van der Waals surface area contributed by atoms with Gasteiger partial charge in [-0.3, -0.25) is 5.32 Å². The number of hydrogen-bond acceptors (Lipinski definition) is 6. The smallest absolute Gasteiger partial charge is 0.412 e. The van der Waals surface area contributed by atoms with E-state index in [9.17, 15) is 9.59 Å². The Balaban J connectivity index is 1.78. The molecule has 2 N–H and O–H groups in total. The predicted octanol–water partition coefficient (Wildman–Crippen LogP) is 7.18. The minimum Gasteiger partial charge on any atom is -0.444 e. The Morgan fingerprint density at radius 1 is 0.810 bits per heavy atom. The number of hydrogen-bond donors (Lipinski definition) is 2. The highest BCUT2D eigenvalue weighted by atomic mass is 16.6. The molecule has 0 aliphatic heterocycles. The fourth-order valence-corrected chi connectivity index (χ4v) is 3.77. The van der Waals surface area contributed by atoms with Gasteiger partial charge in [-0.2, -0.15) is 0 Å². The molecule has 2 atom stereocenters. The van der Waals surface area contributed by atoms with Gasteiger partial charge in [0.1, 0.15) is 24.4 Å². The summed E-state index contributed by atoms with van der Waals surface area (Å²) in [6.07, 6.45) is 0.156. The Labute approximate surface area is 250 Å². The minimum absolute atomic E-state index is 0.178. The van der Waals surface area contributed by atoms with Crippen LogP contribution in [0.3, 0.4) is 0 Å². The summed E-state index contributed by atoms with van der Waals surface area (Å²) in [5.74, 6) is 11.4. The number of rotatable bonds is 11. The van der Waals surface area contributed by atoms with Crippen molar-refractivity contribution < 1.29 is 28.5 Å². The molecule has 2 aromatic rings. The average Bonchev–Trinajstić information content (AvgIpc) is 2.89. The van der Waals surface area contributed by atoms with E-state index in [4.69, 9.17) is 18.9 Å². The number of carbonyl (C=O) groups excluding carboxylic acids is 2. The first-order chi connectivity index (χ1) is 19.9. The van der Waals surface area contributed by atoms with Crippen LogP contribution in [0.25, 0.3) is 0 Å². The van der Waals surface area contributed by atoms with Gasteiger partial charge >= 0.3 is 12.2 Å². The Kier molecular flexibility index (Phi) is 13.9. The van der Waals surface area contributed by atoms with E-state index >= 15 is 0 Å². The van der Waals surface area contributed by atoms with Gasteiger partial charge in [0, 0.05) is 5.69 Å². The molecule has 0 saturated carbocycles. The lowest BCUT2D eigenvalue weighted by Crippen LogP contribution is -2.35. The van der Waals surface area contributed by atoms with Crippen molar-refractivity contribution in [2.24, 2.45) is 0 Å². The summed E-state index contributed by atoms with van der Waals surface area (Å²) in [7, 11) is 0. The summed E-state index contributed by atoms with van der Waals surface area (Å²) >= 11 is 0. The van der Waals surface area contributed by atoms with Crippen LogP contribution in [-0.2, 0) is 18.9 Å². The molecule has 0 aliphatic carbocycles. The Morgan fingerprint density at radius 3 is 2.07 bits per heavy atom. The number of nitrogens with one attached hydrogen (secondary N) is 2. The summed E-state index contributed by atoms with van der Waals surface area (Å²) < 4.78 is 22.3. The van der Waals surface area contributed by atoms with Crippen molar-refractivity contribution in [3.05, 3.63) is 65.7 Å². The van der Waals surface area contributed by atoms with E-state index in [0.717, 1.165) is 17.5 Å². The van der Waals surface area contributed by atoms with E-state index in [-0.39, 0.29) is 25.4 Å². The fourth-order valence-electron chi connectivity index (χ4n) is 3.77. The van der Waals surface area contributed by atoms with Crippen LogP contribution in [0.4, 0.5) is 15.3 Å². The van der Waals surface area contributed by atoms with E-state index in [0.29, 0.717) is 18.7 Å². The van der Waals surface area contributed by atoms with Crippen molar-refractivity contribution in [2.75, 3.05) is 25.1 Å². The van der Waals surface area contributed by atoms with Crippen LogP contribution in [0.15, 0.2) is 54.6 Å². The van der Waals surface area contributed by atoms with E-state index in [1.807, 2.05) is 97.0 Å². The molecule has 8 heteroatoms. The van der Waals surface area contributed by atoms with Gasteiger partial charge in [-0.1, -0.05) is 61.2 Å². The maximum Gasteiger partial charge on any atom is 0.412 e. The zero-order chi connectivity index (χ0) is 31.0. The largest absolute Gasteiger partial charge is 0.444 e. The molecule has 0 aromatic heterocycles. The van der Waals surface area contributed by atoms with Gasteiger partial charge in [-0.15, -0.1) is 0 Å². The van der Waals surface area contributed by atoms with Gasteiger partial charge in [0.05, 0.1) is 18.8 Å². The highest BCUT2D eigenvalue weighted by Gasteiger charge is 2.20. The molecule has 2 aromatic carbocycles. The van der Waals surface area contributed by atoms with Gasteiger partial charge in [-0.25, -0.2) is 9.59 Å². The molecule has 42 heavy (non-hydrogen) atoms. The number of benzene rings is 2. The molecule has 0 aliphatic rings. The van der Waals surface area contributed by atoms with Crippen molar-refractivity contribution in [1.82, 2.24) is 5.32 Å². The van der Waals surface area contributed by atoms with Crippen LogP contribution >= 0.6 is 0 Å². The Hall–Kier alpha value is -3.98. The number of ether oxygens (including phenoxy) is 4. The molecule has 2 amide bonds. The molecule has 0 fully saturated rings. The number of amides is 2. The Morgan fingerprint density at radius 2 is 1.43 bits per heavy atom. The SMILES string of the molecule is CC[C@@H](OCC#CC#CCOCC[C@@H](NC(=O)OC(C)(C)C)c1ccccc1)c1cccc(NC(=O)OC(C)(C)C)c1. The lowest BCUT2D eigenvalue weighted by molar-refractivity contribution is 0.0489. The molecule has 0 radical (unpaired) electrons. The van der Waals surface area contributed by atoms with E-state index in [2.05, 4.69) is 34.3 Å². The number of alkyl carbamates (subject to hydrolysis) is 1. The zero-order valence-corrected chi connectivity index (χ0v) is 25.8. The molecule has 0 spiro atoms. The third-order valence-electron chi connectivity index (χ3n) is 5.49. The third kappa shape index (κ3) is 14.6.